The van der Waals surface area contributed by atoms with Crippen molar-refractivity contribution >= 4 is 55.6 Å². The van der Waals surface area contributed by atoms with Crippen LogP contribution in [-0.2, 0) is 42.2 Å². The maximum atomic E-state index is 15.4. The highest BCUT2D eigenvalue weighted by atomic mass is 32.2. The summed E-state index contributed by atoms with van der Waals surface area (Å²) >= 11 is 0. The SMILES string of the molecule is COc1cc(-c2cccc(C(F)(F)F)c2)c(F)cc1N1C(=O)OC[C@@H]2CN(S(=O)(=O)Nc3ccon3)CC[C@H]21.COc1cc(-c2cccc(C(F)(F)F)c2)c(F)cc1N1C(=O)OC[C@H]2CN(S(=O)(=O)Nc3ccon3)CC[C@@H]21. The summed E-state index contributed by atoms with van der Waals surface area (Å²) < 4.78 is 199. The van der Waals surface area contributed by atoms with Crippen molar-refractivity contribution in [3.05, 3.63) is 120 Å². The highest BCUT2D eigenvalue weighted by Crippen LogP contribution is 2.44. The van der Waals surface area contributed by atoms with Crippen LogP contribution < -0.4 is 28.7 Å². The summed E-state index contributed by atoms with van der Waals surface area (Å²) in [6.07, 6.45) is -7.97. The largest absolute Gasteiger partial charge is 0.495 e. The third-order valence-corrected chi connectivity index (χ3v) is 16.2. The number of nitrogens with one attached hydrogen (secondary N) is 2. The molecule has 0 radical (unpaired) electrons. The number of hydrogen-bond donors (Lipinski definition) is 2. The van der Waals surface area contributed by atoms with Gasteiger partial charge in [0.2, 0.25) is 0 Å². The zero-order chi connectivity index (χ0) is 55.9. The van der Waals surface area contributed by atoms with Crippen molar-refractivity contribution in [2.45, 2.75) is 37.3 Å². The molecule has 4 aromatic carbocycles. The number of methoxy groups -OCH3 is 2. The van der Waals surface area contributed by atoms with E-state index in [4.69, 9.17) is 18.9 Å². The molecule has 4 aliphatic rings. The molecular formula is C48H44F8N8O12S2. The van der Waals surface area contributed by atoms with E-state index in [1.807, 2.05) is 0 Å². The Morgan fingerprint density at radius 3 is 1.33 bits per heavy atom. The Labute approximate surface area is 438 Å². The lowest BCUT2D eigenvalue weighted by Crippen LogP contribution is -2.59. The van der Waals surface area contributed by atoms with Crippen LogP contribution in [0.4, 0.5) is 67.7 Å². The smallest absolute Gasteiger partial charge is 0.416 e. The van der Waals surface area contributed by atoms with Crippen LogP contribution in [0.3, 0.4) is 0 Å². The molecule has 78 heavy (non-hydrogen) atoms. The molecule has 0 unspecified atom stereocenters. The number of amides is 2. The minimum atomic E-state index is -4.62. The first-order valence-electron chi connectivity index (χ1n) is 23.3. The van der Waals surface area contributed by atoms with Crippen LogP contribution in [0.2, 0.25) is 0 Å². The Hall–Kier alpha value is -7.70. The zero-order valence-corrected chi connectivity index (χ0v) is 42.3. The summed E-state index contributed by atoms with van der Waals surface area (Å²) in [5.41, 5.74) is -2.19. The first kappa shape index (κ1) is 55.1. The zero-order valence-electron chi connectivity index (χ0n) is 40.6. The van der Waals surface area contributed by atoms with Gasteiger partial charge in [0.15, 0.2) is 11.6 Å². The van der Waals surface area contributed by atoms with Crippen molar-refractivity contribution in [3.8, 4) is 33.8 Å². The van der Waals surface area contributed by atoms with E-state index >= 15 is 8.78 Å². The molecule has 6 heterocycles. The lowest BCUT2D eigenvalue weighted by Gasteiger charge is -2.45. The lowest BCUT2D eigenvalue weighted by molar-refractivity contribution is -0.138. The third kappa shape index (κ3) is 11.5. The summed E-state index contributed by atoms with van der Waals surface area (Å²) in [4.78, 5) is 28.2. The number of benzene rings is 4. The Morgan fingerprint density at radius 1 is 0.590 bits per heavy atom. The molecule has 10 rings (SSSR count). The molecule has 30 heteroatoms. The molecule has 4 saturated heterocycles. The molecule has 416 valence electrons. The van der Waals surface area contributed by atoms with Crippen LogP contribution in [0.25, 0.3) is 22.3 Å². The summed E-state index contributed by atoms with van der Waals surface area (Å²) in [5, 5.41) is 7.08. The molecule has 6 aromatic rings. The van der Waals surface area contributed by atoms with E-state index in [0.717, 1.165) is 36.4 Å². The fourth-order valence-corrected chi connectivity index (χ4v) is 12.1. The summed E-state index contributed by atoms with van der Waals surface area (Å²) in [5.74, 6) is -2.62. The predicted molar refractivity (Wildman–Crippen MR) is 259 cm³/mol. The summed E-state index contributed by atoms with van der Waals surface area (Å²) in [7, 11) is -5.41. The minimum Gasteiger partial charge on any atom is -0.495 e. The first-order valence-corrected chi connectivity index (χ1v) is 26.2. The molecule has 20 nitrogen and oxygen atoms in total. The first-order chi connectivity index (χ1) is 36.9. The average Bonchev–Trinajstić information content (AvgIpc) is 4.17. The molecule has 4 atom stereocenters. The Bertz CT molecular complexity index is 3190. The van der Waals surface area contributed by atoms with Gasteiger partial charge in [-0.1, -0.05) is 34.6 Å². The molecule has 0 spiro atoms. The van der Waals surface area contributed by atoms with Gasteiger partial charge in [0.25, 0.3) is 0 Å². The highest BCUT2D eigenvalue weighted by Gasteiger charge is 2.47. The van der Waals surface area contributed by atoms with E-state index in [2.05, 4.69) is 28.8 Å². The number of halogens is 8. The van der Waals surface area contributed by atoms with Gasteiger partial charge in [0, 0.05) is 85.5 Å². The fourth-order valence-electron chi connectivity index (χ4n) is 9.62. The van der Waals surface area contributed by atoms with Crippen molar-refractivity contribution in [3.63, 3.8) is 0 Å². The van der Waals surface area contributed by atoms with Crippen molar-refractivity contribution in [2.75, 3.05) is 72.9 Å². The van der Waals surface area contributed by atoms with E-state index in [1.165, 1.54) is 93.7 Å². The fraction of sp³-hybridized carbons (Fsp3) is 0.333. The lowest BCUT2D eigenvalue weighted by atomic mass is 9.91. The number of anilines is 4. The molecule has 0 aliphatic carbocycles. The standard InChI is InChI=1S/2C24H22F4N4O6S/c2*1-36-21-10-17(14-3-2-4-16(9-14)24(26,27)28)18(25)11-20(21)32-19-5-7-31(12-15(19)13-37-23(32)33)39(34,35)30-22-6-8-38-29-22/h2*2-4,6,8-11,15,19H,5,7,12-13H2,1H3,(H,29,30)/t2*15-,19+/m10/s1. The normalized spacial score (nSPS) is 20.3. The van der Waals surface area contributed by atoms with Gasteiger partial charge in [-0.25, -0.2) is 18.4 Å². The van der Waals surface area contributed by atoms with Gasteiger partial charge in [-0.15, -0.1) is 0 Å². The molecule has 0 bridgehead atoms. The van der Waals surface area contributed by atoms with Crippen LogP contribution in [0, 0.1) is 23.5 Å². The minimum absolute atomic E-state index is 0.00521. The number of alkyl halides is 6. The number of fused-ring (bicyclic) bond motifs is 2. The molecule has 2 aromatic heterocycles. The van der Waals surface area contributed by atoms with Crippen molar-refractivity contribution < 1.29 is 89.5 Å². The molecule has 4 fully saturated rings. The van der Waals surface area contributed by atoms with E-state index < -0.39 is 91.6 Å². The third-order valence-electron chi connectivity index (χ3n) is 13.3. The maximum absolute atomic E-state index is 15.4. The van der Waals surface area contributed by atoms with E-state index in [9.17, 15) is 52.8 Å². The second kappa shape index (κ2) is 21.6. The molecule has 2 amide bonds. The van der Waals surface area contributed by atoms with Gasteiger partial charge in [0.1, 0.15) is 35.7 Å². The number of carbonyl (C=O) groups excluding carboxylic acids is 2. The number of carbonyl (C=O) groups is 2. The molecule has 2 N–H and O–H groups in total. The van der Waals surface area contributed by atoms with Crippen LogP contribution in [0.15, 0.2) is 107 Å². The van der Waals surface area contributed by atoms with E-state index in [1.54, 1.807) is 0 Å². The van der Waals surface area contributed by atoms with Gasteiger partial charge in [-0.3, -0.25) is 19.2 Å². The number of cyclic esters (lactones) is 2. The van der Waals surface area contributed by atoms with Crippen molar-refractivity contribution in [1.29, 1.82) is 0 Å². The molecule has 4 aliphatic heterocycles. The number of nitrogens with zero attached hydrogens (tertiary/aromatic N) is 6. The van der Waals surface area contributed by atoms with Crippen LogP contribution >= 0.6 is 0 Å². The average molecular weight is 1140 g/mol. The number of rotatable bonds is 12. The van der Waals surface area contributed by atoms with E-state index in [0.29, 0.717) is 0 Å². The van der Waals surface area contributed by atoms with Crippen LogP contribution in [-0.4, -0.2) is 114 Å². The van der Waals surface area contributed by atoms with Crippen LogP contribution in [0.1, 0.15) is 24.0 Å². The second-order valence-electron chi connectivity index (χ2n) is 18.0. The Kier molecular flexibility index (Phi) is 15.3. The van der Waals surface area contributed by atoms with Crippen molar-refractivity contribution in [1.82, 2.24) is 18.9 Å². The Balaban J connectivity index is 0.000000190. The van der Waals surface area contributed by atoms with Gasteiger partial charge in [-0.05, 0) is 60.4 Å². The molecular weight excluding hydrogens is 1100 g/mol. The van der Waals surface area contributed by atoms with Crippen molar-refractivity contribution in [2.24, 2.45) is 11.8 Å². The van der Waals surface area contributed by atoms with Gasteiger partial charge in [-0.2, -0.15) is 51.8 Å². The summed E-state index contributed by atoms with van der Waals surface area (Å²) in [6, 6.07) is 14.5. The van der Waals surface area contributed by atoms with Crippen LogP contribution in [0.5, 0.6) is 11.5 Å². The monoisotopic (exact) mass is 1140 g/mol. The van der Waals surface area contributed by atoms with Gasteiger partial charge >= 0.3 is 45.0 Å². The Morgan fingerprint density at radius 2 is 0.987 bits per heavy atom. The summed E-state index contributed by atoms with van der Waals surface area (Å²) in [6.45, 7) is -0.0772. The number of aromatic nitrogens is 2. The molecule has 0 saturated carbocycles. The number of piperidine rings is 2. The highest BCUT2D eigenvalue weighted by molar-refractivity contribution is 7.90. The number of ether oxygens (including phenoxy) is 4. The topological polar surface area (TPSA) is 228 Å². The maximum Gasteiger partial charge on any atom is 0.416 e. The number of hydrogen-bond acceptors (Lipinski definition) is 14. The predicted octanol–water partition coefficient (Wildman–Crippen LogP) is 9.02. The van der Waals surface area contributed by atoms with Gasteiger partial charge < -0.3 is 28.0 Å². The second-order valence-corrected chi connectivity index (χ2v) is 21.3. The van der Waals surface area contributed by atoms with Gasteiger partial charge in [0.05, 0.1) is 49.9 Å². The van der Waals surface area contributed by atoms with E-state index in [-0.39, 0.29) is 109 Å². The quantitative estimate of drug-likeness (QED) is 0.109.